The number of fused-ring (bicyclic) bond motifs is 1. The van der Waals surface area contributed by atoms with E-state index in [9.17, 15) is 8.78 Å². The Labute approximate surface area is 147 Å². The Morgan fingerprint density at radius 1 is 1.12 bits per heavy atom. The lowest BCUT2D eigenvalue weighted by molar-refractivity contribution is 0.0570. The summed E-state index contributed by atoms with van der Waals surface area (Å²) in [5, 5.41) is 7.12. The first kappa shape index (κ1) is 16.8. The number of benzene rings is 1. The van der Waals surface area contributed by atoms with Crippen LogP contribution in [-0.4, -0.2) is 33.3 Å². The summed E-state index contributed by atoms with van der Waals surface area (Å²) >= 11 is 0. The van der Waals surface area contributed by atoms with Crippen LogP contribution in [0.15, 0.2) is 22.9 Å². The molecule has 0 saturated carbocycles. The number of nitrogens with one attached hydrogen (secondary N) is 1. The number of ether oxygens (including phenoxy) is 1. The van der Waals surface area contributed by atoms with Crippen LogP contribution < -0.4 is 5.32 Å². The van der Waals surface area contributed by atoms with E-state index in [0.717, 1.165) is 25.0 Å². The van der Waals surface area contributed by atoms with E-state index >= 15 is 0 Å². The highest BCUT2D eigenvalue weighted by atomic mass is 19.2. The maximum Gasteiger partial charge on any atom is 0.249 e. The van der Waals surface area contributed by atoms with Crippen molar-refractivity contribution >= 4 is 16.9 Å². The highest BCUT2D eigenvalue weighted by molar-refractivity contribution is 5.75. The summed E-state index contributed by atoms with van der Waals surface area (Å²) < 4.78 is 37.6. The van der Waals surface area contributed by atoms with Crippen LogP contribution in [0.4, 0.5) is 14.6 Å². The van der Waals surface area contributed by atoms with Gasteiger partial charge in [0, 0.05) is 25.3 Å². The van der Waals surface area contributed by atoms with Crippen LogP contribution in [0.1, 0.15) is 30.6 Å². The van der Waals surface area contributed by atoms with Gasteiger partial charge in [0.1, 0.15) is 11.9 Å². The van der Waals surface area contributed by atoms with Gasteiger partial charge in [0.25, 0.3) is 0 Å². The lowest BCUT2D eigenvalue weighted by Gasteiger charge is -2.28. The Morgan fingerprint density at radius 2 is 1.85 bits per heavy atom. The summed E-state index contributed by atoms with van der Waals surface area (Å²) in [4.78, 5) is 12.8. The van der Waals surface area contributed by atoms with E-state index in [-0.39, 0.29) is 23.0 Å². The molecule has 1 fully saturated rings. The summed E-state index contributed by atoms with van der Waals surface area (Å²) in [6, 6.07) is 1.79. The van der Waals surface area contributed by atoms with Crippen molar-refractivity contribution < 1.29 is 18.0 Å². The van der Waals surface area contributed by atoms with Crippen LogP contribution in [0.3, 0.4) is 0 Å². The minimum Gasteiger partial charge on any atom is -0.381 e. The topological polar surface area (TPSA) is 86.0 Å². The fourth-order valence-electron chi connectivity index (χ4n) is 3.11. The molecule has 1 unspecified atom stereocenters. The zero-order chi connectivity index (χ0) is 18.1. The third-order valence-corrected chi connectivity index (χ3v) is 4.43. The van der Waals surface area contributed by atoms with Crippen molar-refractivity contribution in [1.82, 2.24) is 20.1 Å². The van der Waals surface area contributed by atoms with Crippen LogP contribution in [0.25, 0.3) is 11.0 Å². The predicted octanol–water partition coefficient (Wildman–Crippen LogP) is 3.18. The molecule has 4 rings (SSSR count). The Balaban J connectivity index is 1.66. The molecule has 3 aromatic rings. The number of hydrogen-bond acceptors (Lipinski definition) is 7. The number of rotatable bonds is 4. The highest BCUT2D eigenvalue weighted by Gasteiger charge is 2.30. The maximum atomic E-state index is 13.5. The smallest absolute Gasteiger partial charge is 0.249 e. The van der Waals surface area contributed by atoms with Gasteiger partial charge < -0.3 is 14.6 Å². The van der Waals surface area contributed by atoms with Crippen molar-refractivity contribution in [2.45, 2.75) is 25.8 Å². The van der Waals surface area contributed by atoms with E-state index in [4.69, 9.17) is 9.26 Å². The summed E-state index contributed by atoms with van der Waals surface area (Å²) in [6.45, 7) is 3.06. The molecule has 0 amide bonds. The van der Waals surface area contributed by atoms with E-state index in [1.165, 1.54) is 6.20 Å². The molecule has 7 nitrogen and oxygen atoms in total. The zero-order valence-electron chi connectivity index (χ0n) is 14.1. The number of halogens is 2. The van der Waals surface area contributed by atoms with Gasteiger partial charge in [-0.2, -0.15) is 4.98 Å². The molecule has 2 aromatic heterocycles. The van der Waals surface area contributed by atoms with Crippen molar-refractivity contribution in [3.05, 3.63) is 41.7 Å². The maximum absolute atomic E-state index is 13.5. The predicted molar refractivity (Wildman–Crippen MR) is 88.4 cm³/mol. The van der Waals surface area contributed by atoms with Crippen molar-refractivity contribution in [3.8, 4) is 0 Å². The van der Waals surface area contributed by atoms with Crippen LogP contribution in [0, 0.1) is 24.5 Å². The molecule has 0 aliphatic carbocycles. The third kappa shape index (κ3) is 3.34. The minimum absolute atomic E-state index is 0.214. The zero-order valence-corrected chi connectivity index (χ0v) is 14.1. The fourth-order valence-corrected chi connectivity index (χ4v) is 3.11. The second kappa shape index (κ2) is 6.91. The molecule has 0 bridgehead atoms. The Kier molecular flexibility index (Phi) is 4.46. The molecule has 3 heterocycles. The lowest BCUT2D eigenvalue weighted by Crippen LogP contribution is -2.27. The van der Waals surface area contributed by atoms with Gasteiger partial charge in [-0.05, 0) is 25.7 Å². The molecule has 1 aliphatic rings. The van der Waals surface area contributed by atoms with Crippen molar-refractivity contribution in [1.29, 1.82) is 0 Å². The average molecular weight is 361 g/mol. The number of aryl methyl sites for hydroxylation is 1. The van der Waals surface area contributed by atoms with Crippen LogP contribution >= 0.6 is 0 Å². The van der Waals surface area contributed by atoms with Crippen LogP contribution in [-0.2, 0) is 4.74 Å². The largest absolute Gasteiger partial charge is 0.381 e. The van der Waals surface area contributed by atoms with Crippen LogP contribution in [0.2, 0.25) is 0 Å². The highest BCUT2D eigenvalue weighted by Crippen LogP contribution is 2.32. The number of nitrogens with zero attached hydrogens (tertiary/aromatic N) is 4. The second-order valence-corrected chi connectivity index (χ2v) is 6.26. The first-order valence-electron chi connectivity index (χ1n) is 8.36. The summed E-state index contributed by atoms with van der Waals surface area (Å²) in [5.74, 6) is -0.268. The quantitative estimate of drug-likeness (QED) is 0.764. The van der Waals surface area contributed by atoms with E-state index in [2.05, 4.69) is 25.4 Å². The van der Waals surface area contributed by atoms with Gasteiger partial charge in [0.15, 0.2) is 17.5 Å². The summed E-state index contributed by atoms with van der Waals surface area (Å²) in [6.07, 6.45) is 3.15. The van der Waals surface area contributed by atoms with E-state index in [1.807, 2.05) is 0 Å². The molecule has 1 N–H and O–H groups in total. The normalized spacial score (nSPS) is 16.7. The van der Waals surface area contributed by atoms with Crippen molar-refractivity contribution in [2.75, 3.05) is 18.5 Å². The van der Waals surface area contributed by atoms with Gasteiger partial charge in [0.2, 0.25) is 5.89 Å². The monoisotopic (exact) mass is 361 g/mol. The Hall–Kier alpha value is -2.68. The third-order valence-electron chi connectivity index (χ3n) is 4.43. The van der Waals surface area contributed by atoms with E-state index < -0.39 is 11.6 Å². The molecular formula is C17H17F2N5O2. The number of aromatic nitrogens is 4. The molecule has 0 spiro atoms. The van der Waals surface area contributed by atoms with Gasteiger partial charge in [-0.1, -0.05) is 5.16 Å². The molecule has 1 atom stereocenters. The number of anilines is 1. The van der Waals surface area contributed by atoms with Gasteiger partial charge in [-0.3, -0.25) is 4.98 Å². The first-order valence-corrected chi connectivity index (χ1v) is 8.36. The van der Waals surface area contributed by atoms with Gasteiger partial charge in [0.05, 0.1) is 17.2 Å². The number of hydrogen-bond donors (Lipinski definition) is 1. The molecule has 1 aliphatic heterocycles. The minimum atomic E-state index is -0.961. The van der Waals surface area contributed by atoms with E-state index in [0.29, 0.717) is 30.7 Å². The average Bonchev–Trinajstić information content (AvgIpc) is 3.07. The Morgan fingerprint density at radius 3 is 2.54 bits per heavy atom. The summed E-state index contributed by atoms with van der Waals surface area (Å²) in [7, 11) is 0. The molecule has 1 saturated heterocycles. The van der Waals surface area contributed by atoms with Crippen LogP contribution in [0.5, 0.6) is 0 Å². The molecule has 26 heavy (non-hydrogen) atoms. The molecule has 1 aromatic carbocycles. The molecular weight excluding hydrogens is 344 g/mol. The summed E-state index contributed by atoms with van der Waals surface area (Å²) in [5.41, 5.74) is 0.548. The SMILES string of the molecule is Cc1noc(C(Nc2cnc3cc(F)c(F)cc3n2)C2CCOCC2)n1. The van der Waals surface area contributed by atoms with Gasteiger partial charge >= 0.3 is 0 Å². The molecule has 0 radical (unpaired) electrons. The fraction of sp³-hybridized carbons (Fsp3) is 0.412. The molecule has 9 heteroatoms. The standard InChI is InChI=1S/C17H17F2N5O2/c1-9-21-17(26-24-9)16(10-2-4-25-5-3-10)23-15-8-20-13-6-11(18)12(19)7-14(13)22-15/h6-8,10,16H,2-5H2,1H3,(H,22,23). The van der Waals surface area contributed by atoms with Gasteiger partial charge in [-0.25, -0.2) is 13.8 Å². The lowest BCUT2D eigenvalue weighted by atomic mass is 9.91. The van der Waals surface area contributed by atoms with Crippen molar-refractivity contribution in [3.63, 3.8) is 0 Å². The molecule has 136 valence electrons. The van der Waals surface area contributed by atoms with E-state index in [1.54, 1.807) is 6.92 Å². The van der Waals surface area contributed by atoms with Gasteiger partial charge in [-0.15, -0.1) is 0 Å². The van der Waals surface area contributed by atoms with Crippen molar-refractivity contribution in [2.24, 2.45) is 5.92 Å². The first-order chi connectivity index (χ1) is 12.6. The second-order valence-electron chi connectivity index (χ2n) is 6.26. The Bertz CT molecular complexity index is 927.